The maximum Gasteiger partial charge on any atom is 0.147 e. The second-order valence-corrected chi connectivity index (χ2v) is 7.69. The Morgan fingerprint density at radius 1 is 1.00 bits per heavy atom. The van der Waals surface area contributed by atoms with Gasteiger partial charge in [-0.05, 0) is 73.7 Å². The van der Waals surface area contributed by atoms with E-state index in [1.165, 1.54) is 12.1 Å². The van der Waals surface area contributed by atoms with Gasteiger partial charge in [-0.3, -0.25) is 0 Å². The van der Waals surface area contributed by atoms with E-state index in [1.54, 1.807) is 30.3 Å². The smallest absolute Gasteiger partial charge is 0.147 e. The van der Waals surface area contributed by atoms with Gasteiger partial charge in [0.25, 0.3) is 0 Å². The standard InChI is InChI=1S/C24H21FN6/c25-20-7-3-17(4-8-20)22-10-6-19(14-27)24(30-22)31-11-1-2-16(15-31)12-21-9-5-18(13-26)23(28)29-21/h3-10,16H,1-2,11-12,15H2,(H2,28,29). The van der Waals surface area contributed by atoms with Crippen LogP contribution in [0.15, 0.2) is 48.5 Å². The molecule has 1 aliphatic rings. The third-order valence-corrected chi connectivity index (χ3v) is 5.55. The third-order valence-electron chi connectivity index (χ3n) is 5.55. The number of aromatic nitrogens is 2. The molecule has 0 amide bonds. The summed E-state index contributed by atoms with van der Waals surface area (Å²) >= 11 is 0. The first kappa shape index (κ1) is 20.3. The molecule has 31 heavy (non-hydrogen) atoms. The molecule has 154 valence electrons. The van der Waals surface area contributed by atoms with E-state index in [4.69, 9.17) is 16.0 Å². The summed E-state index contributed by atoms with van der Waals surface area (Å²) in [7, 11) is 0. The molecule has 1 unspecified atom stereocenters. The monoisotopic (exact) mass is 412 g/mol. The van der Waals surface area contributed by atoms with Crippen molar-refractivity contribution in [2.75, 3.05) is 23.7 Å². The average molecular weight is 412 g/mol. The van der Waals surface area contributed by atoms with Crippen molar-refractivity contribution in [1.29, 1.82) is 10.5 Å². The van der Waals surface area contributed by atoms with Crippen LogP contribution in [0.1, 0.15) is 29.7 Å². The highest BCUT2D eigenvalue weighted by Crippen LogP contribution is 2.29. The number of hydrogen-bond acceptors (Lipinski definition) is 6. The summed E-state index contributed by atoms with van der Waals surface area (Å²) in [5.41, 5.74) is 9.13. The predicted octanol–water partition coefficient (Wildman–Crippen LogP) is 4.07. The minimum Gasteiger partial charge on any atom is -0.383 e. The zero-order chi connectivity index (χ0) is 21.8. The quantitative estimate of drug-likeness (QED) is 0.693. The molecule has 2 aromatic heterocycles. The van der Waals surface area contributed by atoms with E-state index < -0.39 is 0 Å². The molecular weight excluding hydrogens is 391 g/mol. The van der Waals surface area contributed by atoms with E-state index in [0.717, 1.165) is 43.6 Å². The lowest BCUT2D eigenvalue weighted by Gasteiger charge is -2.34. The molecule has 4 rings (SSSR count). The SMILES string of the molecule is N#Cc1ccc(CC2CCCN(c3nc(-c4ccc(F)cc4)ccc3C#N)C2)nc1N. The highest BCUT2D eigenvalue weighted by atomic mass is 19.1. The van der Waals surface area contributed by atoms with Gasteiger partial charge in [0, 0.05) is 24.3 Å². The number of rotatable bonds is 4. The summed E-state index contributed by atoms with van der Waals surface area (Å²) in [6.45, 7) is 1.56. The predicted molar refractivity (Wildman–Crippen MR) is 116 cm³/mol. The van der Waals surface area contributed by atoms with Crippen LogP contribution in [0.2, 0.25) is 0 Å². The molecule has 1 fully saturated rings. The van der Waals surface area contributed by atoms with Gasteiger partial charge in [0.2, 0.25) is 0 Å². The number of pyridine rings is 2. The Kier molecular flexibility index (Phi) is 5.77. The molecular formula is C24H21FN6. The number of nitrogens with two attached hydrogens (primary N) is 1. The summed E-state index contributed by atoms with van der Waals surface area (Å²) in [6.07, 6.45) is 2.76. The Balaban J connectivity index is 1.56. The van der Waals surface area contributed by atoms with E-state index in [9.17, 15) is 9.65 Å². The molecule has 1 saturated heterocycles. The maximum absolute atomic E-state index is 13.3. The number of nitrogens with zero attached hydrogens (tertiary/aromatic N) is 5. The molecule has 1 atom stereocenters. The maximum atomic E-state index is 13.3. The Hall–Kier alpha value is -3.97. The molecule has 1 aliphatic heterocycles. The fourth-order valence-corrected chi connectivity index (χ4v) is 4.00. The van der Waals surface area contributed by atoms with Crippen LogP contribution >= 0.6 is 0 Å². The number of hydrogen-bond donors (Lipinski definition) is 1. The van der Waals surface area contributed by atoms with Gasteiger partial charge in [0.05, 0.1) is 16.8 Å². The highest BCUT2D eigenvalue weighted by molar-refractivity contribution is 5.65. The number of anilines is 2. The zero-order valence-corrected chi connectivity index (χ0v) is 16.9. The average Bonchev–Trinajstić information content (AvgIpc) is 2.79. The van der Waals surface area contributed by atoms with Crippen molar-refractivity contribution < 1.29 is 4.39 Å². The van der Waals surface area contributed by atoms with Crippen LogP contribution in [-0.4, -0.2) is 23.1 Å². The summed E-state index contributed by atoms with van der Waals surface area (Å²) in [5, 5.41) is 18.6. The number of benzene rings is 1. The molecule has 3 heterocycles. The molecule has 0 aliphatic carbocycles. The van der Waals surface area contributed by atoms with Crippen LogP contribution in [0, 0.1) is 34.4 Å². The molecule has 1 aromatic carbocycles. The van der Waals surface area contributed by atoms with Crippen molar-refractivity contribution in [3.8, 4) is 23.4 Å². The number of nitrogen functional groups attached to an aromatic ring is 1. The summed E-state index contributed by atoms with van der Waals surface area (Å²) in [5.74, 6) is 0.944. The van der Waals surface area contributed by atoms with Crippen molar-refractivity contribution >= 4 is 11.6 Å². The van der Waals surface area contributed by atoms with Crippen molar-refractivity contribution in [2.45, 2.75) is 19.3 Å². The van der Waals surface area contributed by atoms with E-state index in [0.29, 0.717) is 28.6 Å². The van der Waals surface area contributed by atoms with Gasteiger partial charge in [-0.15, -0.1) is 0 Å². The molecule has 0 bridgehead atoms. The van der Waals surface area contributed by atoms with E-state index >= 15 is 0 Å². The van der Waals surface area contributed by atoms with Crippen molar-refractivity contribution in [1.82, 2.24) is 9.97 Å². The Labute approximate surface area is 180 Å². The zero-order valence-electron chi connectivity index (χ0n) is 16.9. The number of halogens is 1. The fraction of sp³-hybridized carbons (Fsp3) is 0.250. The Morgan fingerprint density at radius 2 is 1.74 bits per heavy atom. The van der Waals surface area contributed by atoms with Gasteiger partial charge in [0.1, 0.15) is 29.6 Å². The molecule has 3 aromatic rings. The lowest BCUT2D eigenvalue weighted by Crippen LogP contribution is -2.37. The van der Waals surface area contributed by atoms with Crippen LogP contribution in [0.4, 0.5) is 16.0 Å². The molecule has 7 heteroatoms. The van der Waals surface area contributed by atoms with Crippen LogP contribution < -0.4 is 10.6 Å². The van der Waals surface area contributed by atoms with Crippen molar-refractivity contribution in [3.05, 3.63) is 71.2 Å². The van der Waals surface area contributed by atoms with Gasteiger partial charge in [0.15, 0.2) is 0 Å². The second-order valence-electron chi connectivity index (χ2n) is 7.69. The highest BCUT2D eigenvalue weighted by Gasteiger charge is 2.24. The first-order valence-corrected chi connectivity index (χ1v) is 10.1. The Morgan fingerprint density at radius 3 is 2.45 bits per heavy atom. The van der Waals surface area contributed by atoms with Gasteiger partial charge >= 0.3 is 0 Å². The van der Waals surface area contributed by atoms with Crippen LogP contribution in [0.3, 0.4) is 0 Å². The fourth-order valence-electron chi connectivity index (χ4n) is 4.00. The van der Waals surface area contributed by atoms with Gasteiger partial charge < -0.3 is 10.6 Å². The minimum atomic E-state index is -0.298. The third kappa shape index (κ3) is 4.46. The van der Waals surface area contributed by atoms with Gasteiger partial charge in [-0.1, -0.05) is 0 Å². The molecule has 0 radical (unpaired) electrons. The summed E-state index contributed by atoms with van der Waals surface area (Å²) < 4.78 is 13.3. The van der Waals surface area contributed by atoms with Crippen LogP contribution in [0.25, 0.3) is 11.3 Å². The minimum absolute atomic E-state index is 0.257. The van der Waals surface area contributed by atoms with Crippen molar-refractivity contribution in [2.24, 2.45) is 5.92 Å². The summed E-state index contributed by atoms with van der Waals surface area (Å²) in [4.78, 5) is 11.3. The van der Waals surface area contributed by atoms with Crippen LogP contribution in [0.5, 0.6) is 0 Å². The molecule has 0 saturated carbocycles. The molecule has 0 spiro atoms. The van der Waals surface area contributed by atoms with Gasteiger partial charge in [-0.2, -0.15) is 10.5 Å². The first-order valence-electron chi connectivity index (χ1n) is 10.1. The number of piperidine rings is 1. The van der Waals surface area contributed by atoms with Crippen LogP contribution in [-0.2, 0) is 6.42 Å². The van der Waals surface area contributed by atoms with Gasteiger partial charge in [-0.25, -0.2) is 14.4 Å². The Bertz CT molecular complexity index is 1180. The largest absolute Gasteiger partial charge is 0.383 e. The number of nitriles is 2. The lowest BCUT2D eigenvalue weighted by atomic mass is 9.92. The summed E-state index contributed by atoms with van der Waals surface area (Å²) in [6, 6.07) is 17.6. The van der Waals surface area contributed by atoms with Crippen molar-refractivity contribution in [3.63, 3.8) is 0 Å². The molecule has 6 nitrogen and oxygen atoms in total. The van der Waals surface area contributed by atoms with E-state index in [2.05, 4.69) is 16.0 Å². The molecule has 2 N–H and O–H groups in total. The topological polar surface area (TPSA) is 103 Å². The van der Waals surface area contributed by atoms with E-state index in [-0.39, 0.29) is 11.6 Å². The van der Waals surface area contributed by atoms with E-state index in [1.807, 2.05) is 12.1 Å². The normalized spacial score (nSPS) is 15.8. The second kappa shape index (κ2) is 8.81. The first-order chi connectivity index (χ1) is 15.1. The lowest BCUT2D eigenvalue weighted by molar-refractivity contribution is 0.408.